The lowest BCUT2D eigenvalue weighted by atomic mass is 10.1. The highest BCUT2D eigenvalue weighted by molar-refractivity contribution is 7.89. The van der Waals surface area contributed by atoms with Crippen molar-refractivity contribution in [1.29, 1.82) is 0 Å². The molecule has 1 aliphatic heterocycles. The Balaban J connectivity index is 2.02. The number of rotatable bonds is 4. The van der Waals surface area contributed by atoms with Crippen molar-refractivity contribution in [2.24, 2.45) is 0 Å². The van der Waals surface area contributed by atoms with Gasteiger partial charge >= 0.3 is 0 Å². The summed E-state index contributed by atoms with van der Waals surface area (Å²) in [5.74, 6) is 0.490. The molecule has 1 aromatic heterocycles. The molecule has 1 atom stereocenters. The van der Waals surface area contributed by atoms with Crippen molar-refractivity contribution in [3.8, 4) is 5.88 Å². The second-order valence-electron chi connectivity index (χ2n) is 4.88. The van der Waals surface area contributed by atoms with Crippen molar-refractivity contribution in [2.45, 2.75) is 38.0 Å². The van der Waals surface area contributed by atoms with Gasteiger partial charge in [0, 0.05) is 18.8 Å². The first-order valence-electron chi connectivity index (χ1n) is 6.42. The number of aromatic nitrogens is 2. The van der Waals surface area contributed by atoms with Crippen molar-refractivity contribution in [3.05, 3.63) is 18.6 Å². The molecule has 0 saturated carbocycles. The van der Waals surface area contributed by atoms with Crippen LogP contribution < -0.4 is 4.74 Å². The Kier molecular flexibility index (Phi) is 4.36. The third kappa shape index (κ3) is 3.42. The first-order valence-corrected chi connectivity index (χ1v) is 7.92. The van der Waals surface area contributed by atoms with Gasteiger partial charge in [-0.3, -0.25) is 0 Å². The number of hydrogen-bond acceptors (Lipinski definition) is 5. The molecule has 7 heteroatoms. The highest BCUT2D eigenvalue weighted by Gasteiger charge is 2.31. The van der Waals surface area contributed by atoms with E-state index in [-0.39, 0.29) is 6.10 Å². The molecular formula is C12H19N3O3S. The third-order valence-corrected chi connectivity index (χ3v) is 5.38. The van der Waals surface area contributed by atoms with E-state index in [0.717, 1.165) is 12.8 Å². The van der Waals surface area contributed by atoms with Crippen molar-refractivity contribution >= 4 is 10.0 Å². The summed E-state index contributed by atoms with van der Waals surface area (Å²) in [5, 5.41) is -0.398. The van der Waals surface area contributed by atoms with Crippen LogP contribution in [0.2, 0.25) is 0 Å². The fourth-order valence-corrected chi connectivity index (χ4v) is 3.40. The van der Waals surface area contributed by atoms with Crippen molar-refractivity contribution in [2.75, 3.05) is 13.1 Å². The molecule has 2 rings (SSSR count). The van der Waals surface area contributed by atoms with Gasteiger partial charge in [0.2, 0.25) is 15.9 Å². The topological polar surface area (TPSA) is 72.4 Å². The van der Waals surface area contributed by atoms with E-state index < -0.39 is 15.3 Å². The Morgan fingerprint density at radius 2 is 2.26 bits per heavy atom. The largest absolute Gasteiger partial charge is 0.473 e. The van der Waals surface area contributed by atoms with Crippen LogP contribution in [0, 0.1) is 0 Å². The Labute approximate surface area is 113 Å². The zero-order chi connectivity index (χ0) is 13.9. The second-order valence-corrected chi connectivity index (χ2v) is 7.37. The second kappa shape index (κ2) is 5.83. The van der Waals surface area contributed by atoms with Gasteiger partial charge in [0.05, 0.1) is 11.8 Å². The number of nitrogens with zero attached hydrogens (tertiary/aromatic N) is 3. The van der Waals surface area contributed by atoms with Crippen LogP contribution in [0.4, 0.5) is 0 Å². The normalized spacial score (nSPS) is 21.5. The molecule has 0 aromatic carbocycles. The molecule has 0 radical (unpaired) electrons. The third-order valence-electron chi connectivity index (χ3n) is 3.14. The predicted octanol–water partition coefficient (Wildman–Crippen LogP) is 1.06. The van der Waals surface area contributed by atoms with Gasteiger partial charge in [-0.1, -0.05) is 0 Å². The smallest absolute Gasteiger partial charge is 0.216 e. The molecule has 106 valence electrons. The van der Waals surface area contributed by atoms with Crippen molar-refractivity contribution < 1.29 is 13.2 Å². The maximum Gasteiger partial charge on any atom is 0.216 e. The monoisotopic (exact) mass is 285 g/mol. The van der Waals surface area contributed by atoms with E-state index >= 15 is 0 Å². The lowest BCUT2D eigenvalue weighted by molar-refractivity contribution is 0.124. The van der Waals surface area contributed by atoms with Gasteiger partial charge in [0.15, 0.2) is 0 Å². The summed E-state index contributed by atoms with van der Waals surface area (Å²) in [6.07, 6.45) is 4.53. The zero-order valence-electron chi connectivity index (χ0n) is 11.2. The van der Waals surface area contributed by atoms with E-state index in [1.807, 2.05) is 0 Å². The Morgan fingerprint density at radius 3 is 2.89 bits per heavy atom. The van der Waals surface area contributed by atoms with Gasteiger partial charge in [-0.05, 0) is 26.7 Å². The molecule has 0 amide bonds. The average molecular weight is 285 g/mol. The minimum absolute atomic E-state index is 0.142. The first kappa shape index (κ1) is 14.2. The Bertz CT molecular complexity index is 504. The van der Waals surface area contributed by atoms with Crippen LogP contribution in [0.5, 0.6) is 5.88 Å². The van der Waals surface area contributed by atoms with Crippen LogP contribution in [0.25, 0.3) is 0 Å². The predicted molar refractivity (Wildman–Crippen MR) is 71.3 cm³/mol. The van der Waals surface area contributed by atoms with Gasteiger partial charge in [-0.25, -0.2) is 18.4 Å². The zero-order valence-corrected chi connectivity index (χ0v) is 12.0. The van der Waals surface area contributed by atoms with Crippen LogP contribution >= 0.6 is 0 Å². The summed E-state index contributed by atoms with van der Waals surface area (Å²) in [6, 6.07) is 1.68. The Morgan fingerprint density at radius 1 is 1.47 bits per heavy atom. The molecule has 0 spiro atoms. The minimum Gasteiger partial charge on any atom is -0.473 e. The SMILES string of the molecule is CC(C)S(=O)(=O)N1CCCC(Oc2ccncn2)C1. The molecule has 19 heavy (non-hydrogen) atoms. The summed E-state index contributed by atoms with van der Waals surface area (Å²) in [5.41, 5.74) is 0. The van der Waals surface area contributed by atoms with Crippen molar-refractivity contribution in [1.82, 2.24) is 14.3 Å². The van der Waals surface area contributed by atoms with E-state index in [2.05, 4.69) is 9.97 Å². The molecule has 6 nitrogen and oxygen atoms in total. The first-order chi connectivity index (χ1) is 9.00. The molecule has 1 aromatic rings. The van der Waals surface area contributed by atoms with Gasteiger partial charge < -0.3 is 4.74 Å². The molecule has 0 aliphatic carbocycles. The van der Waals surface area contributed by atoms with E-state index in [9.17, 15) is 8.42 Å². The average Bonchev–Trinajstić information content (AvgIpc) is 2.40. The number of piperidine rings is 1. The fourth-order valence-electron chi connectivity index (χ4n) is 2.05. The Hall–Kier alpha value is -1.21. The van der Waals surface area contributed by atoms with Crippen LogP contribution in [-0.4, -0.2) is 47.1 Å². The lowest BCUT2D eigenvalue weighted by Crippen LogP contribution is -2.46. The van der Waals surface area contributed by atoms with Crippen molar-refractivity contribution in [3.63, 3.8) is 0 Å². The summed E-state index contributed by atoms with van der Waals surface area (Å²) >= 11 is 0. The maximum absolute atomic E-state index is 12.1. The molecule has 1 aliphatic rings. The maximum atomic E-state index is 12.1. The molecule has 0 bridgehead atoms. The van der Waals surface area contributed by atoms with Gasteiger partial charge in [0.1, 0.15) is 12.4 Å². The van der Waals surface area contributed by atoms with Gasteiger partial charge in [-0.15, -0.1) is 0 Å². The summed E-state index contributed by atoms with van der Waals surface area (Å²) in [6.45, 7) is 4.36. The molecule has 1 fully saturated rings. The number of hydrogen-bond donors (Lipinski definition) is 0. The molecule has 0 N–H and O–H groups in total. The number of ether oxygens (including phenoxy) is 1. The van der Waals surface area contributed by atoms with Crippen LogP contribution in [0.15, 0.2) is 18.6 Å². The van der Waals surface area contributed by atoms with E-state index in [0.29, 0.717) is 19.0 Å². The lowest BCUT2D eigenvalue weighted by Gasteiger charge is -2.32. The molecular weight excluding hydrogens is 266 g/mol. The van der Waals surface area contributed by atoms with Crippen LogP contribution in [0.1, 0.15) is 26.7 Å². The van der Waals surface area contributed by atoms with Gasteiger partial charge in [-0.2, -0.15) is 4.31 Å². The minimum atomic E-state index is -3.20. The van der Waals surface area contributed by atoms with E-state index in [1.165, 1.54) is 10.6 Å². The highest BCUT2D eigenvalue weighted by Crippen LogP contribution is 2.20. The van der Waals surface area contributed by atoms with Crippen LogP contribution in [0.3, 0.4) is 0 Å². The van der Waals surface area contributed by atoms with E-state index in [4.69, 9.17) is 4.74 Å². The van der Waals surface area contributed by atoms with E-state index in [1.54, 1.807) is 26.1 Å². The molecule has 1 saturated heterocycles. The number of sulfonamides is 1. The quantitative estimate of drug-likeness (QED) is 0.827. The summed E-state index contributed by atoms with van der Waals surface area (Å²) in [4.78, 5) is 7.81. The summed E-state index contributed by atoms with van der Waals surface area (Å²) < 4.78 is 31.5. The standard InChI is InChI=1S/C12H19N3O3S/c1-10(2)19(16,17)15-7-3-4-11(8-15)18-12-5-6-13-9-14-12/h5-6,9-11H,3-4,7-8H2,1-2H3. The van der Waals surface area contributed by atoms with Gasteiger partial charge in [0.25, 0.3) is 0 Å². The summed E-state index contributed by atoms with van der Waals surface area (Å²) in [7, 11) is -3.20. The molecule has 2 heterocycles. The highest BCUT2D eigenvalue weighted by atomic mass is 32.2. The fraction of sp³-hybridized carbons (Fsp3) is 0.667. The van der Waals surface area contributed by atoms with Crippen LogP contribution in [-0.2, 0) is 10.0 Å². The molecule has 1 unspecified atom stereocenters.